The standard InChI is InChI=1S/C18H21ClO5/c1-6-23-14-12-8-7-11(19)9-13(12)15(24-18(20)10(2)3)17(22-5)16(14)21-4/h7-10H,6H2,1-5H3. The Bertz CT molecular complexity index is 755. The molecule has 0 aromatic heterocycles. The molecule has 0 heterocycles. The van der Waals surface area contributed by atoms with Crippen LogP contribution in [0.15, 0.2) is 18.2 Å². The molecular formula is C18H21ClO5. The lowest BCUT2D eigenvalue weighted by molar-refractivity contribution is -0.137. The first kappa shape index (κ1) is 18.2. The Balaban J connectivity index is 2.84. The minimum Gasteiger partial charge on any atom is -0.490 e. The van der Waals surface area contributed by atoms with Gasteiger partial charge in [0.2, 0.25) is 11.5 Å². The van der Waals surface area contributed by atoms with E-state index < -0.39 is 0 Å². The Hall–Kier alpha value is -2.14. The molecular weight excluding hydrogens is 332 g/mol. The van der Waals surface area contributed by atoms with Gasteiger partial charge in [-0.05, 0) is 25.1 Å². The van der Waals surface area contributed by atoms with Crippen LogP contribution in [0.2, 0.25) is 5.02 Å². The lowest BCUT2D eigenvalue weighted by atomic mass is 10.1. The fourth-order valence-electron chi connectivity index (χ4n) is 2.33. The van der Waals surface area contributed by atoms with Gasteiger partial charge in [0, 0.05) is 15.8 Å². The number of halogens is 1. The lowest BCUT2D eigenvalue weighted by Crippen LogP contribution is -2.16. The van der Waals surface area contributed by atoms with Crippen molar-refractivity contribution in [2.75, 3.05) is 20.8 Å². The number of carbonyl (C=O) groups is 1. The molecule has 24 heavy (non-hydrogen) atoms. The molecule has 0 unspecified atom stereocenters. The van der Waals surface area contributed by atoms with Crippen LogP contribution >= 0.6 is 11.6 Å². The maximum Gasteiger partial charge on any atom is 0.313 e. The molecule has 0 aliphatic heterocycles. The Morgan fingerprint density at radius 1 is 1.04 bits per heavy atom. The third-order valence-electron chi connectivity index (χ3n) is 3.46. The van der Waals surface area contributed by atoms with Crippen molar-refractivity contribution in [2.45, 2.75) is 20.8 Å². The van der Waals surface area contributed by atoms with Gasteiger partial charge in [-0.25, -0.2) is 0 Å². The molecule has 2 aromatic carbocycles. The molecule has 0 saturated heterocycles. The number of benzene rings is 2. The zero-order valence-electron chi connectivity index (χ0n) is 14.4. The molecule has 0 aliphatic carbocycles. The van der Waals surface area contributed by atoms with Crippen molar-refractivity contribution >= 4 is 28.3 Å². The Morgan fingerprint density at radius 2 is 1.67 bits per heavy atom. The second-order valence-corrected chi connectivity index (χ2v) is 5.86. The fraction of sp³-hybridized carbons (Fsp3) is 0.389. The number of hydrogen-bond donors (Lipinski definition) is 0. The number of esters is 1. The van der Waals surface area contributed by atoms with Crippen LogP contribution in [0.4, 0.5) is 0 Å². The van der Waals surface area contributed by atoms with Gasteiger partial charge in [-0.1, -0.05) is 25.4 Å². The van der Waals surface area contributed by atoms with Gasteiger partial charge in [0.1, 0.15) is 0 Å². The summed E-state index contributed by atoms with van der Waals surface area (Å²) in [6, 6.07) is 5.26. The van der Waals surface area contributed by atoms with Crippen LogP contribution in [-0.4, -0.2) is 26.8 Å². The SMILES string of the molecule is CCOc1c(OC)c(OC)c(OC(=O)C(C)C)c2cc(Cl)ccc12. The molecule has 0 bridgehead atoms. The van der Waals surface area contributed by atoms with E-state index >= 15 is 0 Å². The van der Waals surface area contributed by atoms with Crippen molar-refractivity contribution in [3.63, 3.8) is 0 Å². The number of rotatable bonds is 6. The van der Waals surface area contributed by atoms with Gasteiger partial charge in [-0.2, -0.15) is 0 Å². The molecule has 0 spiro atoms. The van der Waals surface area contributed by atoms with E-state index in [1.807, 2.05) is 6.92 Å². The average molecular weight is 353 g/mol. The molecule has 6 heteroatoms. The predicted molar refractivity (Wildman–Crippen MR) is 93.7 cm³/mol. The molecule has 0 amide bonds. The normalized spacial score (nSPS) is 10.8. The molecule has 0 N–H and O–H groups in total. The van der Waals surface area contributed by atoms with Crippen LogP contribution in [-0.2, 0) is 4.79 Å². The maximum atomic E-state index is 12.1. The van der Waals surface area contributed by atoms with E-state index in [-0.39, 0.29) is 17.6 Å². The molecule has 5 nitrogen and oxygen atoms in total. The van der Waals surface area contributed by atoms with Crippen LogP contribution in [0.5, 0.6) is 23.0 Å². The predicted octanol–water partition coefficient (Wildman–Crippen LogP) is 4.47. The van der Waals surface area contributed by atoms with Crippen molar-refractivity contribution in [3.8, 4) is 23.0 Å². The molecule has 0 fully saturated rings. The summed E-state index contributed by atoms with van der Waals surface area (Å²) in [5.41, 5.74) is 0. The first-order valence-electron chi connectivity index (χ1n) is 7.66. The number of methoxy groups -OCH3 is 2. The minimum atomic E-state index is -0.374. The van der Waals surface area contributed by atoms with Crippen molar-refractivity contribution in [2.24, 2.45) is 5.92 Å². The van der Waals surface area contributed by atoms with Crippen molar-refractivity contribution in [1.29, 1.82) is 0 Å². The number of ether oxygens (including phenoxy) is 4. The molecule has 0 aliphatic rings. The van der Waals surface area contributed by atoms with Gasteiger partial charge >= 0.3 is 5.97 Å². The van der Waals surface area contributed by atoms with Gasteiger partial charge < -0.3 is 18.9 Å². The highest BCUT2D eigenvalue weighted by Gasteiger charge is 2.26. The first-order valence-corrected chi connectivity index (χ1v) is 8.04. The Labute approximate surface area is 146 Å². The van der Waals surface area contributed by atoms with Crippen molar-refractivity contribution < 1.29 is 23.7 Å². The number of hydrogen-bond acceptors (Lipinski definition) is 5. The highest BCUT2D eigenvalue weighted by Crippen LogP contribution is 2.51. The maximum absolute atomic E-state index is 12.1. The summed E-state index contributed by atoms with van der Waals surface area (Å²) in [5.74, 6) is 0.801. The van der Waals surface area contributed by atoms with Crippen molar-refractivity contribution in [3.05, 3.63) is 23.2 Å². The van der Waals surface area contributed by atoms with E-state index in [4.69, 9.17) is 30.5 Å². The van der Waals surface area contributed by atoms with E-state index in [0.29, 0.717) is 34.3 Å². The summed E-state index contributed by atoms with van der Waals surface area (Å²) < 4.78 is 22.3. The average Bonchev–Trinajstić information content (AvgIpc) is 2.56. The number of fused-ring (bicyclic) bond motifs is 1. The van der Waals surface area contributed by atoms with E-state index in [2.05, 4.69) is 0 Å². The van der Waals surface area contributed by atoms with Crippen LogP contribution < -0.4 is 18.9 Å². The minimum absolute atomic E-state index is 0.272. The van der Waals surface area contributed by atoms with Crippen LogP contribution in [0.25, 0.3) is 10.8 Å². The zero-order chi connectivity index (χ0) is 17.9. The smallest absolute Gasteiger partial charge is 0.313 e. The summed E-state index contributed by atoms with van der Waals surface area (Å²) in [5, 5.41) is 1.86. The van der Waals surface area contributed by atoms with Crippen molar-refractivity contribution in [1.82, 2.24) is 0 Å². The summed E-state index contributed by atoms with van der Waals surface area (Å²) >= 11 is 6.13. The Morgan fingerprint density at radius 3 is 2.21 bits per heavy atom. The topological polar surface area (TPSA) is 54.0 Å². The van der Waals surface area contributed by atoms with Crippen LogP contribution in [0.3, 0.4) is 0 Å². The molecule has 0 atom stereocenters. The highest BCUT2D eigenvalue weighted by atomic mass is 35.5. The largest absolute Gasteiger partial charge is 0.490 e. The molecule has 2 rings (SSSR count). The second kappa shape index (κ2) is 7.62. The highest BCUT2D eigenvalue weighted by molar-refractivity contribution is 6.31. The second-order valence-electron chi connectivity index (χ2n) is 5.42. The molecule has 130 valence electrons. The summed E-state index contributed by atoms with van der Waals surface area (Å²) in [6.45, 7) is 5.84. The monoisotopic (exact) mass is 352 g/mol. The lowest BCUT2D eigenvalue weighted by Gasteiger charge is -2.20. The van der Waals surface area contributed by atoms with Gasteiger partial charge in [-0.3, -0.25) is 4.79 Å². The summed E-state index contributed by atoms with van der Waals surface area (Å²) in [4.78, 5) is 12.1. The molecule has 0 saturated carbocycles. The quantitative estimate of drug-likeness (QED) is 0.567. The summed E-state index contributed by atoms with van der Waals surface area (Å²) in [6.07, 6.45) is 0. The van der Waals surface area contributed by atoms with E-state index in [1.54, 1.807) is 32.0 Å². The van der Waals surface area contributed by atoms with Gasteiger partial charge in [-0.15, -0.1) is 0 Å². The van der Waals surface area contributed by atoms with Crippen LogP contribution in [0.1, 0.15) is 20.8 Å². The first-order chi connectivity index (χ1) is 11.4. The van der Waals surface area contributed by atoms with Gasteiger partial charge in [0.15, 0.2) is 11.5 Å². The van der Waals surface area contributed by atoms with E-state index in [9.17, 15) is 4.79 Å². The molecule has 0 radical (unpaired) electrons. The fourth-order valence-corrected chi connectivity index (χ4v) is 2.50. The number of carbonyl (C=O) groups excluding carboxylic acids is 1. The zero-order valence-corrected chi connectivity index (χ0v) is 15.2. The third-order valence-corrected chi connectivity index (χ3v) is 3.70. The summed E-state index contributed by atoms with van der Waals surface area (Å²) in [7, 11) is 2.99. The van der Waals surface area contributed by atoms with E-state index in [0.717, 1.165) is 5.39 Å². The van der Waals surface area contributed by atoms with Gasteiger partial charge in [0.25, 0.3) is 0 Å². The molecule has 2 aromatic rings. The van der Waals surface area contributed by atoms with E-state index in [1.165, 1.54) is 14.2 Å². The van der Waals surface area contributed by atoms with Gasteiger partial charge in [0.05, 0.1) is 26.7 Å². The Kier molecular flexibility index (Phi) is 5.78. The third kappa shape index (κ3) is 3.36. The van der Waals surface area contributed by atoms with Crippen LogP contribution in [0, 0.1) is 5.92 Å².